The van der Waals surface area contributed by atoms with Gasteiger partial charge in [0.2, 0.25) is 5.91 Å². The average molecular weight is 310 g/mol. The molecule has 2 aromatic heterocycles. The summed E-state index contributed by atoms with van der Waals surface area (Å²) in [7, 11) is 0. The number of benzene rings is 1. The fraction of sp³-hybridized carbons (Fsp3) is 0.0667. The van der Waals surface area contributed by atoms with E-state index in [0.717, 1.165) is 16.5 Å². The summed E-state index contributed by atoms with van der Waals surface area (Å²) in [4.78, 5) is 34.5. The lowest BCUT2D eigenvalue weighted by Gasteiger charge is -2.07. The first-order valence-corrected chi connectivity index (χ1v) is 6.86. The second-order valence-corrected chi connectivity index (χ2v) is 4.83. The highest BCUT2D eigenvalue weighted by Gasteiger charge is 2.13. The minimum Gasteiger partial charge on any atom is -0.382 e. The Morgan fingerprint density at radius 1 is 1.13 bits per heavy atom. The Labute approximate surface area is 131 Å². The van der Waals surface area contributed by atoms with E-state index < -0.39 is 5.91 Å². The molecule has 8 heteroatoms. The van der Waals surface area contributed by atoms with Gasteiger partial charge in [-0.25, -0.2) is 9.97 Å². The van der Waals surface area contributed by atoms with Gasteiger partial charge in [-0.2, -0.15) is 0 Å². The molecule has 3 rings (SSSR count). The molecule has 2 amide bonds. The summed E-state index contributed by atoms with van der Waals surface area (Å²) in [5, 5.41) is 0.965. The van der Waals surface area contributed by atoms with Crippen LogP contribution in [0.3, 0.4) is 0 Å². The number of rotatable bonds is 3. The largest absolute Gasteiger partial charge is 0.382 e. The van der Waals surface area contributed by atoms with Gasteiger partial charge in [-0.1, -0.05) is 18.2 Å². The van der Waals surface area contributed by atoms with Crippen molar-refractivity contribution >= 4 is 28.5 Å². The minimum absolute atomic E-state index is 0.00382. The van der Waals surface area contributed by atoms with Gasteiger partial charge in [-0.15, -0.1) is 0 Å². The summed E-state index contributed by atoms with van der Waals surface area (Å²) in [5.74, 6) is -0.982. The third-order valence-corrected chi connectivity index (χ3v) is 3.28. The molecule has 0 radical (unpaired) electrons. The van der Waals surface area contributed by atoms with Gasteiger partial charge in [-0.05, 0) is 11.6 Å². The van der Waals surface area contributed by atoms with E-state index in [0.29, 0.717) is 0 Å². The number of para-hydroxylation sites is 1. The molecule has 1 aromatic carbocycles. The fourth-order valence-electron chi connectivity index (χ4n) is 2.20. The molecule has 5 N–H and O–H groups in total. The second-order valence-electron chi connectivity index (χ2n) is 4.83. The summed E-state index contributed by atoms with van der Waals surface area (Å²) in [6.45, 7) is 0. The number of amides is 2. The van der Waals surface area contributed by atoms with Crippen molar-refractivity contribution in [2.24, 2.45) is 0 Å². The van der Waals surface area contributed by atoms with E-state index in [1.807, 2.05) is 24.3 Å². The molecular formula is C15H14N6O2. The average Bonchev–Trinajstić information content (AvgIpc) is 2.96. The Kier molecular flexibility index (Phi) is 3.88. The molecule has 8 nitrogen and oxygen atoms in total. The van der Waals surface area contributed by atoms with E-state index in [1.165, 1.54) is 12.4 Å². The van der Waals surface area contributed by atoms with Crippen LogP contribution >= 0.6 is 0 Å². The molecule has 0 spiro atoms. The maximum Gasteiger partial charge on any atom is 0.292 e. The molecule has 2 heterocycles. The molecular weight excluding hydrogens is 296 g/mol. The molecule has 0 atom stereocenters. The number of H-pyrrole nitrogens is 1. The van der Waals surface area contributed by atoms with E-state index in [1.54, 1.807) is 6.20 Å². The van der Waals surface area contributed by atoms with E-state index in [2.05, 4.69) is 25.8 Å². The van der Waals surface area contributed by atoms with Crippen LogP contribution in [0.4, 0.5) is 5.82 Å². The third-order valence-electron chi connectivity index (χ3n) is 3.28. The predicted octanol–water partition coefficient (Wildman–Crippen LogP) is 0.544. The number of carbonyl (C=O) groups is 2. The number of fused-ring (bicyclic) bond motifs is 1. The van der Waals surface area contributed by atoms with E-state index in [4.69, 9.17) is 5.73 Å². The summed E-state index contributed by atoms with van der Waals surface area (Å²) < 4.78 is 0. The van der Waals surface area contributed by atoms with Gasteiger partial charge >= 0.3 is 0 Å². The molecule has 0 aliphatic carbocycles. The molecule has 23 heavy (non-hydrogen) atoms. The number of nitrogen functional groups attached to an aromatic ring is 1. The van der Waals surface area contributed by atoms with Gasteiger partial charge in [0.05, 0.1) is 6.42 Å². The zero-order valence-corrected chi connectivity index (χ0v) is 12.0. The third kappa shape index (κ3) is 3.10. The number of anilines is 1. The van der Waals surface area contributed by atoms with Gasteiger partial charge in [0.15, 0.2) is 11.5 Å². The fourth-order valence-corrected chi connectivity index (χ4v) is 2.20. The molecule has 3 aromatic rings. The number of aromatic nitrogens is 3. The number of hydrazine groups is 1. The van der Waals surface area contributed by atoms with Gasteiger partial charge < -0.3 is 10.7 Å². The van der Waals surface area contributed by atoms with Crippen molar-refractivity contribution in [3.05, 3.63) is 54.1 Å². The van der Waals surface area contributed by atoms with Gasteiger partial charge in [0.1, 0.15) is 0 Å². The van der Waals surface area contributed by atoms with Gasteiger partial charge in [0.25, 0.3) is 5.91 Å². The van der Waals surface area contributed by atoms with Crippen LogP contribution in [-0.2, 0) is 11.2 Å². The van der Waals surface area contributed by atoms with Gasteiger partial charge in [-0.3, -0.25) is 20.4 Å². The molecule has 116 valence electrons. The first-order chi connectivity index (χ1) is 11.1. The minimum atomic E-state index is -0.622. The number of hydrogen-bond acceptors (Lipinski definition) is 5. The Morgan fingerprint density at radius 3 is 2.74 bits per heavy atom. The summed E-state index contributed by atoms with van der Waals surface area (Å²) >= 11 is 0. The second kappa shape index (κ2) is 6.14. The molecule has 0 saturated carbocycles. The first kappa shape index (κ1) is 14.5. The zero-order valence-electron chi connectivity index (χ0n) is 12.0. The smallest absolute Gasteiger partial charge is 0.292 e. The number of aromatic amines is 1. The zero-order chi connectivity index (χ0) is 16.2. The van der Waals surface area contributed by atoms with Crippen LogP contribution in [0.15, 0.2) is 42.9 Å². The van der Waals surface area contributed by atoms with E-state index in [-0.39, 0.29) is 23.8 Å². The van der Waals surface area contributed by atoms with Crippen LogP contribution in [0, 0.1) is 0 Å². The van der Waals surface area contributed by atoms with Crippen LogP contribution in [-0.4, -0.2) is 26.8 Å². The quantitative estimate of drug-likeness (QED) is 0.525. The predicted molar refractivity (Wildman–Crippen MR) is 84.1 cm³/mol. The number of carbonyl (C=O) groups excluding carboxylic acids is 2. The number of nitrogens with two attached hydrogens (primary N) is 1. The van der Waals surface area contributed by atoms with Crippen molar-refractivity contribution in [1.82, 2.24) is 25.8 Å². The maximum atomic E-state index is 12.0. The van der Waals surface area contributed by atoms with Crippen LogP contribution in [0.5, 0.6) is 0 Å². The summed E-state index contributed by atoms with van der Waals surface area (Å²) in [6, 6.07) is 7.66. The van der Waals surface area contributed by atoms with Crippen molar-refractivity contribution in [3.8, 4) is 0 Å². The number of hydrogen-bond donors (Lipinski definition) is 4. The van der Waals surface area contributed by atoms with Crippen molar-refractivity contribution in [2.75, 3.05) is 5.73 Å². The molecule has 0 fully saturated rings. The molecule has 0 unspecified atom stereocenters. The molecule has 0 saturated heterocycles. The molecule has 0 aliphatic rings. The van der Waals surface area contributed by atoms with Crippen LogP contribution in [0.1, 0.15) is 16.1 Å². The van der Waals surface area contributed by atoms with Crippen molar-refractivity contribution in [1.29, 1.82) is 0 Å². The van der Waals surface area contributed by atoms with E-state index in [9.17, 15) is 9.59 Å². The summed E-state index contributed by atoms with van der Waals surface area (Å²) in [5.41, 5.74) is 11.9. The maximum absolute atomic E-state index is 12.0. The van der Waals surface area contributed by atoms with Crippen LogP contribution in [0.2, 0.25) is 0 Å². The van der Waals surface area contributed by atoms with Crippen LogP contribution < -0.4 is 16.6 Å². The van der Waals surface area contributed by atoms with Crippen molar-refractivity contribution in [3.63, 3.8) is 0 Å². The number of nitrogens with one attached hydrogen (secondary N) is 3. The highest BCUT2D eigenvalue weighted by Crippen LogP contribution is 2.17. The van der Waals surface area contributed by atoms with Crippen molar-refractivity contribution in [2.45, 2.75) is 6.42 Å². The lowest BCUT2D eigenvalue weighted by molar-refractivity contribution is -0.121. The molecule has 0 bridgehead atoms. The normalized spacial score (nSPS) is 10.4. The van der Waals surface area contributed by atoms with Crippen LogP contribution in [0.25, 0.3) is 10.9 Å². The highest BCUT2D eigenvalue weighted by atomic mass is 16.2. The Bertz CT molecular complexity index is 873. The Hall–Kier alpha value is -3.42. The SMILES string of the molecule is Nc1nccnc1C(=O)NNC(=O)Cc1c[nH]c2ccccc12. The Balaban J connectivity index is 1.62. The topological polar surface area (TPSA) is 126 Å². The lowest BCUT2D eigenvalue weighted by Crippen LogP contribution is -2.43. The van der Waals surface area contributed by atoms with Crippen molar-refractivity contribution < 1.29 is 9.59 Å². The summed E-state index contributed by atoms with van der Waals surface area (Å²) in [6.07, 6.45) is 4.62. The lowest BCUT2D eigenvalue weighted by atomic mass is 10.1. The van der Waals surface area contributed by atoms with Gasteiger partial charge in [0, 0.05) is 29.5 Å². The monoisotopic (exact) mass is 310 g/mol. The van der Waals surface area contributed by atoms with E-state index >= 15 is 0 Å². The standard InChI is InChI=1S/C15H14N6O2/c16-14-13(17-5-6-18-14)15(23)21-20-12(22)7-9-8-19-11-4-2-1-3-10(9)11/h1-6,8,19H,7H2,(H2,16,18)(H,20,22)(H,21,23). The first-order valence-electron chi connectivity index (χ1n) is 6.86. The molecule has 0 aliphatic heterocycles. The Morgan fingerprint density at radius 2 is 1.91 bits per heavy atom. The highest BCUT2D eigenvalue weighted by molar-refractivity contribution is 5.97. The number of nitrogens with zero attached hydrogens (tertiary/aromatic N) is 2.